The Bertz CT molecular complexity index is 701. The van der Waals surface area contributed by atoms with Crippen LogP contribution in [-0.4, -0.2) is 35.8 Å². The van der Waals surface area contributed by atoms with Gasteiger partial charge in [0.25, 0.3) is 5.91 Å². The molecule has 2 fully saturated rings. The summed E-state index contributed by atoms with van der Waals surface area (Å²) in [6.45, 7) is 2.89. The van der Waals surface area contributed by atoms with E-state index in [0.29, 0.717) is 30.1 Å². The second-order valence-electron chi connectivity index (χ2n) is 7.19. The first-order chi connectivity index (χ1) is 12.1. The van der Waals surface area contributed by atoms with Crippen LogP contribution in [0, 0.1) is 24.2 Å². The summed E-state index contributed by atoms with van der Waals surface area (Å²) in [5.74, 6) is 0.397. The summed E-state index contributed by atoms with van der Waals surface area (Å²) in [6.07, 6.45) is 6.79. The Labute approximate surface area is 149 Å². The summed E-state index contributed by atoms with van der Waals surface area (Å²) >= 11 is 0. The molecule has 1 heterocycles. The number of rotatable bonds is 3. The van der Waals surface area contributed by atoms with Gasteiger partial charge in [-0.3, -0.25) is 9.59 Å². The van der Waals surface area contributed by atoms with Gasteiger partial charge in [0.1, 0.15) is 6.04 Å². The van der Waals surface area contributed by atoms with Crippen LogP contribution < -0.4 is 5.32 Å². The van der Waals surface area contributed by atoms with Gasteiger partial charge in [-0.1, -0.05) is 32.1 Å². The third kappa shape index (κ3) is 3.84. The molecule has 0 radical (unpaired) electrons. The molecule has 1 N–H and O–H groups in total. The molecular weight excluding hydrogens is 314 g/mol. The van der Waals surface area contributed by atoms with Gasteiger partial charge < -0.3 is 10.2 Å². The lowest BCUT2D eigenvalue weighted by Crippen LogP contribution is -2.57. The summed E-state index contributed by atoms with van der Waals surface area (Å²) < 4.78 is 0. The number of piperazine rings is 1. The predicted molar refractivity (Wildman–Crippen MR) is 94.9 cm³/mol. The third-order valence-corrected chi connectivity index (χ3v) is 5.46. The van der Waals surface area contributed by atoms with Gasteiger partial charge in [0.05, 0.1) is 11.6 Å². The maximum absolute atomic E-state index is 13.1. The fourth-order valence-electron chi connectivity index (χ4n) is 4.06. The monoisotopic (exact) mass is 339 g/mol. The number of nitrogens with one attached hydrogen (secondary N) is 1. The van der Waals surface area contributed by atoms with Crippen molar-refractivity contribution in [1.29, 1.82) is 5.26 Å². The first-order valence-corrected chi connectivity index (χ1v) is 9.19. The molecule has 25 heavy (non-hydrogen) atoms. The van der Waals surface area contributed by atoms with Gasteiger partial charge in [0.2, 0.25) is 5.91 Å². The second kappa shape index (κ2) is 7.69. The summed E-state index contributed by atoms with van der Waals surface area (Å²) in [4.78, 5) is 27.3. The van der Waals surface area contributed by atoms with Crippen LogP contribution >= 0.6 is 0 Å². The molecule has 3 rings (SSSR count). The van der Waals surface area contributed by atoms with Gasteiger partial charge in [-0.15, -0.1) is 0 Å². The number of nitrogens with zero attached hydrogens (tertiary/aromatic N) is 2. The van der Waals surface area contributed by atoms with Crippen molar-refractivity contribution in [3.8, 4) is 6.07 Å². The van der Waals surface area contributed by atoms with Crippen LogP contribution in [0.2, 0.25) is 0 Å². The first kappa shape index (κ1) is 17.5. The van der Waals surface area contributed by atoms with E-state index in [1.807, 2.05) is 6.92 Å². The minimum atomic E-state index is -0.376. The minimum absolute atomic E-state index is 0.0310. The number of hydrogen-bond acceptors (Lipinski definition) is 3. The van der Waals surface area contributed by atoms with Gasteiger partial charge in [-0.05, 0) is 43.0 Å². The zero-order chi connectivity index (χ0) is 17.8. The Hall–Kier alpha value is -2.35. The summed E-state index contributed by atoms with van der Waals surface area (Å²) in [6, 6.07) is 6.82. The van der Waals surface area contributed by atoms with E-state index < -0.39 is 0 Å². The van der Waals surface area contributed by atoms with Crippen LogP contribution in [0.3, 0.4) is 0 Å². The highest BCUT2D eigenvalue weighted by atomic mass is 16.2. The van der Waals surface area contributed by atoms with Crippen LogP contribution in [0.15, 0.2) is 18.2 Å². The Kier molecular flexibility index (Phi) is 5.37. The molecule has 1 aliphatic heterocycles. The fraction of sp³-hybridized carbons (Fsp3) is 0.550. The molecule has 1 saturated carbocycles. The van der Waals surface area contributed by atoms with Gasteiger partial charge in [0.15, 0.2) is 0 Å². The van der Waals surface area contributed by atoms with Crippen molar-refractivity contribution in [2.45, 2.75) is 51.5 Å². The van der Waals surface area contributed by atoms with E-state index in [-0.39, 0.29) is 17.9 Å². The topological polar surface area (TPSA) is 73.2 Å². The highest BCUT2D eigenvalue weighted by Crippen LogP contribution is 2.30. The zero-order valence-electron chi connectivity index (χ0n) is 14.8. The van der Waals surface area contributed by atoms with Crippen LogP contribution in [0.1, 0.15) is 60.0 Å². The predicted octanol–water partition coefficient (Wildman–Crippen LogP) is 2.78. The van der Waals surface area contributed by atoms with E-state index in [1.165, 1.54) is 19.3 Å². The number of carbonyl (C=O) groups is 2. The maximum atomic E-state index is 13.1. The Morgan fingerprint density at radius 3 is 2.76 bits per heavy atom. The highest BCUT2D eigenvalue weighted by Gasteiger charge is 2.35. The average Bonchev–Trinajstić information content (AvgIpc) is 2.63. The molecule has 1 unspecified atom stereocenters. The van der Waals surface area contributed by atoms with E-state index in [9.17, 15) is 9.59 Å². The van der Waals surface area contributed by atoms with Crippen molar-refractivity contribution < 1.29 is 9.59 Å². The van der Waals surface area contributed by atoms with Crippen molar-refractivity contribution in [3.63, 3.8) is 0 Å². The average molecular weight is 339 g/mol. The normalized spacial score (nSPS) is 21.5. The summed E-state index contributed by atoms with van der Waals surface area (Å²) in [5.41, 5.74) is 1.91. The van der Waals surface area contributed by atoms with Crippen molar-refractivity contribution in [2.24, 2.45) is 5.92 Å². The number of hydrogen-bond donors (Lipinski definition) is 1. The molecule has 5 heteroatoms. The third-order valence-electron chi connectivity index (χ3n) is 5.46. The SMILES string of the molecule is Cc1cc(C#N)ccc1C(=O)N1CCNC(=O)C1CC1CCCCC1. The largest absolute Gasteiger partial charge is 0.353 e. The van der Waals surface area contributed by atoms with Crippen LogP contribution in [-0.2, 0) is 4.79 Å². The summed E-state index contributed by atoms with van der Waals surface area (Å²) in [7, 11) is 0. The molecule has 0 bridgehead atoms. The van der Waals surface area contributed by atoms with Gasteiger partial charge in [-0.2, -0.15) is 5.26 Å². The lowest BCUT2D eigenvalue weighted by atomic mass is 9.84. The summed E-state index contributed by atoms with van der Waals surface area (Å²) in [5, 5.41) is 11.9. The van der Waals surface area contributed by atoms with Crippen molar-refractivity contribution >= 4 is 11.8 Å². The molecule has 1 aromatic rings. The van der Waals surface area contributed by atoms with Crippen molar-refractivity contribution in [1.82, 2.24) is 10.2 Å². The fourth-order valence-corrected chi connectivity index (χ4v) is 4.06. The van der Waals surface area contributed by atoms with Crippen molar-refractivity contribution in [3.05, 3.63) is 34.9 Å². The van der Waals surface area contributed by atoms with E-state index in [1.54, 1.807) is 23.1 Å². The lowest BCUT2D eigenvalue weighted by Gasteiger charge is -2.37. The van der Waals surface area contributed by atoms with Gasteiger partial charge in [0, 0.05) is 18.7 Å². The molecule has 1 aromatic carbocycles. The molecule has 1 aliphatic carbocycles. The molecule has 1 atom stereocenters. The van der Waals surface area contributed by atoms with Crippen LogP contribution in [0.5, 0.6) is 0 Å². The van der Waals surface area contributed by atoms with Crippen LogP contribution in [0.4, 0.5) is 0 Å². The van der Waals surface area contributed by atoms with E-state index in [0.717, 1.165) is 24.8 Å². The van der Waals surface area contributed by atoms with E-state index in [4.69, 9.17) is 5.26 Å². The Balaban J connectivity index is 1.80. The van der Waals surface area contributed by atoms with Gasteiger partial charge in [-0.25, -0.2) is 0 Å². The van der Waals surface area contributed by atoms with Crippen molar-refractivity contribution in [2.75, 3.05) is 13.1 Å². The zero-order valence-corrected chi connectivity index (χ0v) is 14.8. The smallest absolute Gasteiger partial charge is 0.254 e. The molecule has 1 saturated heterocycles. The standard InChI is InChI=1S/C20H25N3O2/c1-14-11-16(13-21)7-8-17(14)20(25)23-10-9-22-19(24)18(23)12-15-5-3-2-4-6-15/h7-8,11,15,18H,2-6,9-10,12H2,1H3,(H,22,24). The molecule has 2 amide bonds. The quantitative estimate of drug-likeness (QED) is 0.920. The number of carbonyl (C=O) groups excluding carboxylic acids is 2. The minimum Gasteiger partial charge on any atom is -0.353 e. The van der Waals surface area contributed by atoms with Gasteiger partial charge >= 0.3 is 0 Å². The molecule has 0 spiro atoms. The Morgan fingerprint density at radius 2 is 2.08 bits per heavy atom. The molecule has 132 valence electrons. The van der Waals surface area contributed by atoms with Crippen LogP contribution in [0.25, 0.3) is 0 Å². The highest BCUT2D eigenvalue weighted by molar-refractivity contribution is 5.99. The number of amides is 2. The first-order valence-electron chi connectivity index (χ1n) is 9.19. The Morgan fingerprint density at radius 1 is 1.32 bits per heavy atom. The lowest BCUT2D eigenvalue weighted by molar-refractivity contribution is -0.128. The van der Waals surface area contributed by atoms with E-state index in [2.05, 4.69) is 11.4 Å². The molecule has 0 aromatic heterocycles. The number of nitriles is 1. The molecule has 5 nitrogen and oxygen atoms in total. The molecule has 2 aliphatic rings. The number of benzene rings is 1. The van der Waals surface area contributed by atoms with E-state index >= 15 is 0 Å². The second-order valence-corrected chi connectivity index (χ2v) is 7.19. The maximum Gasteiger partial charge on any atom is 0.254 e. The molecular formula is C20H25N3O2. The number of aryl methyl sites for hydroxylation is 1.